The lowest BCUT2D eigenvalue weighted by Crippen LogP contribution is -2.35. The Morgan fingerprint density at radius 1 is 1.61 bits per heavy atom. The van der Waals surface area contributed by atoms with Crippen LogP contribution in [0, 0.1) is 6.92 Å². The number of amides is 1. The average molecular weight is 272 g/mol. The molecule has 1 aromatic rings. The molecule has 0 radical (unpaired) electrons. The van der Waals surface area contributed by atoms with Crippen LogP contribution in [0.2, 0.25) is 0 Å². The Kier molecular flexibility index (Phi) is 6.07. The zero-order chi connectivity index (χ0) is 13.5. The summed E-state index contributed by atoms with van der Waals surface area (Å²) in [4.78, 5) is 23.1. The average Bonchev–Trinajstić information content (AvgIpc) is 2.66. The van der Waals surface area contributed by atoms with Gasteiger partial charge in [0.1, 0.15) is 0 Å². The van der Waals surface area contributed by atoms with E-state index < -0.39 is 0 Å². The second-order valence-corrected chi connectivity index (χ2v) is 5.05. The highest BCUT2D eigenvalue weighted by Gasteiger charge is 2.11. The van der Waals surface area contributed by atoms with Gasteiger partial charge in [-0.3, -0.25) is 9.59 Å². The molecule has 0 aliphatic carbocycles. The maximum absolute atomic E-state index is 11.7. The summed E-state index contributed by atoms with van der Waals surface area (Å²) in [6.07, 6.45) is 1.66. The first kappa shape index (κ1) is 14.9. The minimum atomic E-state index is -0.0761. The summed E-state index contributed by atoms with van der Waals surface area (Å²) in [6.45, 7) is 4.31. The second kappa shape index (κ2) is 7.33. The summed E-state index contributed by atoms with van der Waals surface area (Å²) in [7, 11) is 0. The van der Waals surface area contributed by atoms with Crippen LogP contribution in [0.15, 0.2) is 10.2 Å². The fourth-order valence-electron chi connectivity index (χ4n) is 1.72. The van der Waals surface area contributed by atoms with Crippen molar-refractivity contribution in [1.82, 2.24) is 9.88 Å². The monoisotopic (exact) mass is 272 g/mol. The van der Waals surface area contributed by atoms with Gasteiger partial charge in [0.15, 0.2) is 0 Å². The van der Waals surface area contributed by atoms with E-state index in [0.29, 0.717) is 19.4 Å². The van der Waals surface area contributed by atoms with Crippen LogP contribution in [0.4, 0.5) is 0 Å². The van der Waals surface area contributed by atoms with Gasteiger partial charge in [-0.2, -0.15) is 0 Å². The van der Waals surface area contributed by atoms with E-state index in [1.54, 1.807) is 9.95 Å². The summed E-state index contributed by atoms with van der Waals surface area (Å²) in [6, 6.07) is 0.0165. The van der Waals surface area contributed by atoms with Crippen molar-refractivity contribution in [3.05, 3.63) is 20.7 Å². The van der Waals surface area contributed by atoms with E-state index in [1.807, 2.05) is 13.8 Å². The van der Waals surface area contributed by atoms with Crippen LogP contribution in [0.25, 0.3) is 0 Å². The number of thiazole rings is 1. The molecule has 0 aliphatic heterocycles. The number of carbonyl (C=O) groups excluding carboxylic acids is 1. The molecule has 0 aromatic carbocycles. The van der Waals surface area contributed by atoms with Crippen molar-refractivity contribution in [3.8, 4) is 0 Å². The highest BCUT2D eigenvalue weighted by atomic mass is 32.1. The molecule has 0 aliphatic rings. The predicted octanol–water partition coefficient (Wildman–Crippen LogP) is 0.886. The summed E-state index contributed by atoms with van der Waals surface area (Å²) >= 11 is 1.15. The molecule has 2 N–H and O–H groups in total. The number of hydrogen-bond acceptors (Lipinski definition) is 4. The third-order valence-electron chi connectivity index (χ3n) is 2.87. The molecular formula is C12H20N2O3S. The lowest BCUT2D eigenvalue weighted by Gasteiger charge is -2.15. The Balaban J connectivity index is 2.44. The van der Waals surface area contributed by atoms with E-state index in [4.69, 9.17) is 5.11 Å². The summed E-state index contributed by atoms with van der Waals surface area (Å²) in [5.74, 6) is -0.0761. The molecular weight excluding hydrogens is 252 g/mol. The summed E-state index contributed by atoms with van der Waals surface area (Å²) in [5.41, 5.74) is 0.889. The van der Waals surface area contributed by atoms with Gasteiger partial charge in [0.25, 0.3) is 0 Å². The second-order valence-electron chi connectivity index (χ2n) is 4.23. The van der Waals surface area contributed by atoms with E-state index in [2.05, 4.69) is 5.32 Å². The van der Waals surface area contributed by atoms with E-state index in [0.717, 1.165) is 23.5 Å². The van der Waals surface area contributed by atoms with Crippen LogP contribution in [0.1, 0.15) is 31.9 Å². The third-order valence-corrected chi connectivity index (χ3v) is 3.76. The standard InChI is InChI=1S/C12H20N2O3S/c1-3-10(5-7-15)13-11(16)4-6-14-9(2)8-18-12(14)17/h8,10,15H,3-7H2,1-2H3,(H,13,16). The molecule has 0 saturated heterocycles. The van der Waals surface area contributed by atoms with Gasteiger partial charge in [-0.15, -0.1) is 0 Å². The minimum absolute atomic E-state index is 0.0165. The van der Waals surface area contributed by atoms with Gasteiger partial charge in [0, 0.05) is 36.7 Å². The molecule has 1 atom stereocenters. The fraction of sp³-hybridized carbons (Fsp3) is 0.667. The fourth-order valence-corrected chi connectivity index (χ4v) is 2.48. The largest absolute Gasteiger partial charge is 0.396 e. The molecule has 1 heterocycles. The van der Waals surface area contributed by atoms with Crippen molar-refractivity contribution in [1.29, 1.82) is 0 Å². The van der Waals surface area contributed by atoms with Gasteiger partial charge in [-0.05, 0) is 19.8 Å². The molecule has 0 bridgehead atoms. The molecule has 1 amide bonds. The van der Waals surface area contributed by atoms with Crippen molar-refractivity contribution >= 4 is 17.2 Å². The number of carbonyl (C=O) groups is 1. The number of aromatic nitrogens is 1. The van der Waals surface area contributed by atoms with Crippen molar-refractivity contribution in [2.24, 2.45) is 0 Å². The van der Waals surface area contributed by atoms with Crippen LogP contribution in [-0.2, 0) is 11.3 Å². The highest BCUT2D eigenvalue weighted by Crippen LogP contribution is 2.02. The van der Waals surface area contributed by atoms with Gasteiger partial charge in [0.2, 0.25) is 5.91 Å². The molecule has 5 nitrogen and oxygen atoms in total. The highest BCUT2D eigenvalue weighted by molar-refractivity contribution is 7.07. The first-order chi connectivity index (χ1) is 8.58. The minimum Gasteiger partial charge on any atom is -0.396 e. The van der Waals surface area contributed by atoms with Crippen LogP contribution >= 0.6 is 11.3 Å². The van der Waals surface area contributed by atoms with Crippen LogP contribution < -0.4 is 10.2 Å². The molecule has 1 aromatic heterocycles. The smallest absolute Gasteiger partial charge is 0.307 e. The Hall–Kier alpha value is -1.14. The molecule has 0 saturated carbocycles. The van der Waals surface area contributed by atoms with Crippen LogP contribution in [0.5, 0.6) is 0 Å². The van der Waals surface area contributed by atoms with Crippen molar-refractivity contribution in [2.75, 3.05) is 6.61 Å². The number of aliphatic hydroxyl groups excluding tert-OH is 1. The quantitative estimate of drug-likeness (QED) is 0.774. The normalized spacial score (nSPS) is 12.4. The van der Waals surface area contributed by atoms with E-state index in [9.17, 15) is 9.59 Å². The Labute approximate surface area is 110 Å². The van der Waals surface area contributed by atoms with Crippen molar-refractivity contribution in [3.63, 3.8) is 0 Å². The van der Waals surface area contributed by atoms with Crippen molar-refractivity contribution < 1.29 is 9.90 Å². The molecule has 1 rings (SSSR count). The number of nitrogens with zero attached hydrogens (tertiary/aromatic N) is 1. The predicted molar refractivity (Wildman–Crippen MR) is 71.9 cm³/mol. The first-order valence-electron chi connectivity index (χ1n) is 6.13. The molecule has 102 valence electrons. The van der Waals surface area contributed by atoms with E-state index in [1.165, 1.54) is 0 Å². The number of hydrogen-bond donors (Lipinski definition) is 2. The van der Waals surface area contributed by atoms with Gasteiger partial charge in [0.05, 0.1) is 0 Å². The topological polar surface area (TPSA) is 71.3 Å². The van der Waals surface area contributed by atoms with Crippen molar-refractivity contribution in [2.45, 2.75) is 45.7 Å². The zero-order valence-corrected chi connectivity index (χ0v) is 11.6. The number of aryl methyl sites for hydroxylation is 1. The van der Waals surface area contributed by atoms with Gasteiger partial charge in [-0.1, -0.05) is 18.3 Å². The maximum Gasteiger partial charge on any atom is 0.307 e. The van der Waals surface area contributed by atoms with E-state index in [-0.39, 0.29) is 23.4 Å². The molecule has 0 spiro atoms. The number of nitrogens with one attached hydrogen (secondary N) is 1. The summed E-state index contributed by atoms with van der Waals surface area (Å²) < 4.78 is 1.61. The maximum atomic E-state index is 11.7. The van der Waals surface area contributed by atoms with Crippen LogP contribution in [0.3, 0.4) is 0 Å². The third kappa shape index (κ3) is 4.27. The Bertz CT molecular complexity index is 439. The summed E-state index contributed by atoms with van der Waals surface area (Å²) in [5, 5.41) is 13.5. The lowest BCUT2D eigenvalue weighted by molar-refractivity contribution is -0.122. The molecule has 0 fully saturated rings. The Morgan fingerprint density at radius 2 is 2.33 bits per heavy atom. The SMILES string of the molecule is CCC(CCO)NC(=O)CCn1c(C)csc1=O. The number of aliphatic hydroxyl groups is 1. The Morgan fingerprint density at radius 3 is 2.83 bits per heavy atom. The number of rotatable bonds is 7. The van der Waals surface area contributed by atoms with Gasteiger partial charge >= 0.3 is 4.87 Å². The first-order valence-corrected chi connectivity index (χ1v) is 7.01. The molecule has 6 heteroatoms. The van der Waals surface area contributed by atoms with Gasteiger partial charge in [-0.25, -0.2) is 0 Å². The molecule has 1 unspecified atom stereocenters. The molecule has 18 heavy (non-hydrogen) atoms. The van der Waals surface area contributed by atoms with E-state index >= 15 is 0 Å². The zero-order valence-electron chi connectivity index (χ0n) is 10.8. The van der Waals surface area contributed by atoms with Crippen LogP contribution in [-0.4, -0.2) is 28.2 Å². The lowest BCUT2D eigenvalue weighted by atomic mass is 10.1. The van der Waals surface area contributed by atoms with Gasteiger partial charge < -0.3 is 15.0 Å².